The Morgan fingerprint density at radius 2 is 1.79 bits per heavy atom. The zero-order chi connectivity index (χ0) is 25.7. The molecule has 2 unspecified atom stereocenters. The fraction of sp³-hybridized carbons (Fsp3) is 0.522. The third-order valence-corrected chi connectivity index (χ3v) is 6.30. The van der Waals surface area contributed by atoms with Crippen molar-refractivity contribution in [3.63, 3.8) is 0 Å². The lowest BCUT2D eigenvalue weighted by Crippen LogP contribution is -2.43. The van der Waals surface area contributed by atoms with E-state index in [1.807, 2.05) is 17.0 Å². The van der Waals surface area contributed by atoms with E-state index in [1.165, 1.54) is 23.5 Å². The fourth-order valence-corrected chi connectivity index (χ4v) is 4.63. The van der Waals surface area contributed by atoms with Crippen LogP contribution >= 0.6 is 11.3 Å². The minimum atomic E-state index is -4.37. The number of rotatable bonds is 10. The van der Waals surface area contributed by atoms with Crippen molar-refractivity contribution in [3.8, 4) is 0 Å². The summed E-state index contributed by atoms with van der Waals surface area (Å²) in [4.78, 5) is 30.6. The number of carbonyl (C=O) groups is 2. The molecule has 0 fully saturated rings. The molecular weight excluding hydrogens is 478 g/mol. The standard InChI is InChI=1S/C23H33N3O6S2/c1-7-16-13-33-21(24-16)18(12-15-8-10-17(11-9-15)26-34(29,30)31)25-20(27)19(14(2)3)22(28)32-23(4,5)6/h8-11,13-14,18-19,26H,7,12H2,1-6H3,(H,25,27)(H,29,30,31). The van der Waals surface area contributed by atoms with Crippen LogP contribution < -0.4 is 10.0 Å². The Labute approximate surface area is 205 Å². The van der Waals surface area contributed by atoms with Gasteiger partial charge in [-0.2, -0.15) is 8.42 Å². The van der Waals surface area contributed by atoms with E-state index >= 15 is 0 Å². The number of hydrogen-bond donors (Lipinski definition) is 3. The second kappa shape index (κ2) is 11.3. The summed E-state index contributed by atoms with van der Waals surface area (Å²) in [6.45, 7) is 10.8. The van der Waals surface area contributed by atoms with Crippen molar-refractivity contribution in [1.29, 1.82) is 0 Å². The molecule has 0 saturated heterocycles. The Morgan fingerprint density at radius 3 is 2.26 bits per heavy atom. The molecule has 0 radical (unpaired) electrons. The lowest BCUT2D eigenvalue weighted by molar-refractivity contribution is -0.164. The summed E-state index contributed by atoms with van der Waals surface area (Å²) in [7, 11) is -4.37. The number of benzene rings is 1. The van der Waals surface area contributed by atoms with Gasteiger partial charge >= 0.3 is 16.3 Å². The minimum Gasteiger partial charge on any atom is -0.459 e. The SMILES string of the molecule is CCc1csc(C(Cc2ccc(NS(=O)(=O)O)cc2)NC(=O)C(C(=O)OC(C)(C)C)C(C)C)n1. The van der Waals surface area contributed by atoms with Crippen molar-refractivity contribution in [2.24, 2.45) is 11.8 Å². The van der Waals surface area contributed by atoms with Gasteiger partial charge in [0.1, 0.15) is 16.5 Å². The summed E-state index contributed by atoms with van der Waals surface area (Å²) < 4.78 is 38.4. The number of aromatic nitrogens is 1. The van der Waals surface area contributed by atoms with Gasteiger partial charge in [0, 0.05) is 5.38 Å². The summed E-state index contributed by atoms with van der Waals surface area (Å²) in [5, 5.41) is 5.61. The van der Waals surface area contributed by atoms with Crippen molar-refractivity contribution in [3.05, 3.63) is 45.9 Å². The van der Waals surface area contributed by atoms with E-state index in [0.717, 1.165) is 17.7 Å². The third-order valence-electron chi connectivity index (χ3n) is 4.80. The number of nitrogens with one attached hydrogen (secondary N) is 2. The number of amides is 1. The molecular formula is C23H33N3O6S2. The molecule has 0 aliphatic rings. The highest BCUT2D eigenvalue weighted by Gasteiger charge is 2.35. The Balaban J connectivity index is 2.28. The van der Waals surface area contributed by atoms with Crippen molar-refractivity contribution < 1.29 is 27.3 Å². The van der Waals surface area contributed by atoms with Gasteiger partial charge in [0.05, 0.1) is 17.4 Å². The van der Waals surface area contributed by atoms with Crippen LogP contribution in [0.3, 0.4) is 0 Å². The molecule has 34 heavy (non-hydrogen) atoms. The molecule has 1 amide bonds. The van der Waals surface area contributed by atoms with E-state index in [4.69, 9.17) is 9.29 Å². The highest BCUT2D eigenvalue weighted by Crippen LogP contribution is 2.26. The normalized spacial score (nSPS) is 13.9. The molecule has 0 bridgehead atoms. The molecule has 2 aromatic rings. The molecule has 0 aliphatic carbocycles. The quantitative estimate of drug-likeness (QED) is 0.250. The van der Waals surface area contributed by atoms with Crippen molar-refractivity contribution in [2.45, 2.75) is 66.0 Å². The second-order valence-corrected chi connectivity index (χ2v) is 11.4. The molecule has 2 rings (SSSR count). The van der Waals surface area contributed by atoms with Crippen LogP contribution in [0.2, 0.25) is 0 Å². The topological polar surface area (TPSA) is 135 Å². The van der Waals surface area contributed by atoms with Gasteiger partial charge in [0.2, 0.25) is 5.91 Å². The summed E-state index contributed by atoms with van der Waals surface area (Å²) in [5.74, 6) is -2.27. The number of carbonyl (C=O) groups excluding carboxylic acids is 2. The van der Waals surface area contributed by atoms with E-state index in [-0.39, 0.29) is 11.6 Å². The number of nitrogens with zero attached hydrogens (tertiary/aromatic N) is 1. The Bertz CT molecular complexity index is 1090. The maximum Gasteiger partial charge on any atom is 0.357 e. The fourth-order valence-electron chi connectivity index (χ4n) is 3.25. The number of hydrogen-bond acceptors (Lipinski definition) is 7. The van der Waals surface area contributed by atoms with Crippen LogP contribution in [-0.4, -0.2) is 35.4 Å². The van der Waals surface area contributed by atoms with E-state index in [1.54, 1.807) is 46.8 Å². The van der Waals surface area contributed by atoms with Crippen molar-refractivity contribution >= 4 is 39.2 Å². The number of thiazole rings is 1. The molecule has 0 aliphatic heterocycles. The van der Waals surface area contributed by atoms with E-state index in [0.29, 0.717) is 11.4 Å². The van der Waals surface area contributed by atoms with Gasteiger partial charge in [-0.1, -0.05) is 32.9 Å². The lowest BCUT2D eigenvalue weighted by atomic mass is 9.94. The largest absolute Gasteiger partial charge is 0.459 e. The average Bonchev–Trinajstić information content (AvgIpc) is 3.15. The van der Waals surface area contributed by atoms with Gasteiger partial charge in [-0.05, 0) is 57.2 Å². The first-order valence-electron chi connectivity index (χ1n) is 11.0. The third kappa shape index (κ3) is 8.69. The zero-order valence-corrected chi connectivity index (χ0v) is 21.9. The van der Waals surface area contributed by atoms with Gasteiger partial charge in [-0.25, -0.2) is 4.98 Å². The summed E-state index contributed by atoms with van der Waals surface area (Å²) in [6, 6.07) is 5.91. The second-order valence-electron chi connectivity index (χ2n) is 9.33. The smallest absolute Gasteiger partial charge is 0.357 e. The Morgan fingerprint density at radius 1 is 1.18 bits per heavy atom. The molecule has 3 N–H and O–H groups in total. The summed E-state index contributed by atoms with van der Waals surface area (Å²) in [6.07, 6.45) is 1.12. The number of ether oxygens (including phenoxy) is 1. The number of esters is 1. The highest BCUT2D eigenvalue weighted by atomic mass is 32.2. The number of anilines is 1. The van der Waals surface area contributed by atoms with Gasteiger partial charge < -0.3 is 10.1 Å². The van der Waals surface area contributed by atoms with Gasteiger partial charge in [0.25, 0.3) is 0 Å². The molecule has 0 saturated carbocycles. The molecule has 0 spiro atoms. The maximum absolute atomic E-state index is 13.2. The first kappa shape index (κ1) is 27.7. The summed E-state index contributed by atoms with van der Waals surface area (Å²) in [5.41, 5.74) is 1.20. The van der Waals surface area contributed by atoms with Crippen LogP contribution in [0.5, 0.6) is 0 Å². The number of aryl methyl sites for hydroxylation is 1. The van der Waals surface area contributed by atoms with Crippen LogP contribution in [0.1, 0.15) is 63.8 Å². The zero-order valence-electron chi connectivity index (χ0n) is 20.3. The van der Waals surface area contributed by atoms with Crippen LogP contribution in [0.15, 0.2) is 29.6 Å². The van der Waals surface area contributed by atoms with Crippen LogP contribution in [0.25, 0.3) is 0 Å². The van der Waals surface area contributed by atoms with Crippen LogP contribution in [0, 0.1) is 11.8 Å². The van der Waals surface area contributed by atoms with Gasteiger partial charge in [-0.15, -0.1) is 11.3 Å². The predicted octanol–water partition coefficient (Wildman–Crippen LogP) is 3.93. The minimum absolute atomic E-state index is 0.208. The predicted molar refractivity (Wildman–Crippen MR) is 132 cm³/mol. The molecule has 9 nitrogen and oxygen atoms in total. The molecule has 1 aromatic heterocycles. The van der Waals surface area contributed by atoms with Crippen molar-refractivity contribution in [1.82, 2.24) is 10.3 Å². The van der Waals surface area contributed by atoms with Gasteiger partial charge in [-0.3, -0.25) is 18.9 Å². The summed E-state index contributed by atoms with van der Waals surface area (Å²) >= 11 is 1.43. The van der Waals surface area contributed by atoms with E-state index in [2.05, 4.69) is 10.3 Å². The molecule has 11 heteroatoms. The van der Waals surface area contributed by atoms with Crippen LogP contribution in [-0.2, 0) is 37.5 Å². The lowest BCUT2D eigenvalue weighted by Gasteiger charge is -2.27. The molecule has 1 aromatic carbocycles. The van der Waals surface area contributed by atoms with E-state index in [9.17, 15) is 18.0 Å². The highest BCUT2D eigenvalue weighted by molar-refractivity contribution is 7.87. The first-order valence-corrected chi connectivity index (χ1v) is 13.3. The molecule has 188 valence electrons. The molecule has 2 atom stereocenters. The molecule has 1 heterocycles. The van der Waals surface area contributed by atoms with Crippen LogP contribution in [0.4, 0.5) is 5.69 Å². The first-order chi connectivity index (χ1) is 15.7. The average molecular weight is 512 g/mol. The maximum atomic E-state index is 13.2. The van der Waals surface area contributed by atoms with Gasteiger partial charge in [0.15, 0.2) is 0 Å². The van der Waals surface area contributed by atoms with Crippen molar-refractivity contribution in [2.75, 3.05) is 4.72 Å². The Kier molecular flexibility index (Phi) is 9.21. The Hall–Kier alpha value is -2.50. The van der Waals surface area contributed by atoms with E-state index < -0.39 is 39.7 Å². The monoisotopic (exact) mass is 511 g/mol.